The molecule has 37 heavy (non-hydrogen) atoms. The van der Waals surface area contributed by atoms with Crippen LogP contribution in [0.1, 0.15) is 22.3 Å². The van der Waals surface area contributed by atoms with Gasteiger partial charge in [0.1, 0.15) is 17.6 Å². The van der Waals surface area contributed by atoms with E-state index in [4.69, 9.17) is 17.0 Å². The highest BCUT2D eigenvalue weighted by atomic mass is 32.1. The lowest BCUT2D eigenvalue weighted by Crippen LogP contribution is -2.37. The van der Waals surface area contributed by atoms with E-state index in [0.29, 0.717) is 22.7 Å². The minimum atomic E-state index is -0.881. The molecule has 10 heteroatoms. The molecule has 0 spiro atoms. The molecule has 1 heterocycles. The summed E-state index contributed by atoms with van der Waals surface area (Å²) in [6.07, 6.45) is -0.175. The number of esters is 1. The van der Waals surface area contributed by atoms with Crippen LogP contribution < -0.4 is 15.0 Å². The molecule has 3 aromatic carbocycles. The zero-order chi connectivity index (χ0) is 26.5. The smallest absolute Gasteiger partial charge is 0.337 e. The molecule has 1 aliphatic heterocycles. The van der Waals surface area contributed by atoms with Gasteiger partial charge in [0.05, 0.1) is 31.9 Å². The van der Waals surface area contributed by atoms with E-state index in [2.05, 4.69) is 10.1 Å². The number of methoxy groups -OCH3 is 2. The van der Waals surface area contributed by atoms with Crippen molar-refractivity contribution < 1.29 is 28.2 Å². The summed E-state index contributed by atoms with van der Waals surface area (Å²) in [7, 11) is 2.83. The zero-order valence-electron chi connectivity index (χ0n) is 20.1. The van der Waals surface area contributed by atoms with Gasteiger partial charge in [-0.1, -0.05) is 12.1 Å². The molecular weight excluding hydrogens is 497 g/mol. The minimum Gasteiger partial charge on any atom is -0.497 e. The molecule has 0 bridgehead atoms. The standard InChI is InChI=1S/C27H24FN3O5S/c1-35-22-13-11-21(12-14-22)31-25(33)23(30(27(31)37)16-17-3-7-19(28)8-4-17)15-24(32)29-20-9-5-18(6-10-20)26(34)36-2/h3-14,23H,15-16H2,1-2H3,(H,29,32). The van der Waals surface area contributed by atoms with Crippen molar-refractivity contribution in [1.29, 1.82) is 0 Å². The van der Waals surface area contributed by atoms with Crippen molar-refractivity contribution in [2.45, 2.75) is 19.0 Å². The number of ether oxygens (including phenoxy) is 2. The third-order valence-corrected chi connectivity index (χ3v) is 6.30. The molecule has 3 aromatic rings. The molecule has 190 valence electrons. The highest BCUT2D eigenvalue weighted by Crippen LogP contribution is 2.30. The summed E-state index contributed by atoms with van der Waals surface area (Å²) in [4.78, 5) is 41.2. The lowest BCUT2D eigenvalue weighted by Gasteiger charge is -2.24. The highest BCUT2D eigenvalue weighted by molar-refractivity contribution is 7.80. The van der Waals surface area contributed by atoms with Gasteiger partial charge in [-0.15, -0.1) is 0 Å². The minimum absolute atomic E-state index is 0.175. The molecule has 1 fully saturated rings. The summed E-state index contributed by atoms with van der Waals surface area (Å²) in [5.74, 6) is -1.00. The number of nitrogens with zero attached hydrogens (tertiary/aromatic N) is 2. The molecule has 0 radical (unpaired) electrons. The Balaban J connectivity index is 1.56. The quantitative estimate of drug-likeness (QED) is 0.352. The molecule has 1 saturated heterocycles. The number of nitrogens with one attached hydrogen (secondary N) is 1. The maximum absolute atomic E-state index is 13.5. The van der Waals surface area contributed by atoms with Crippen molar-refractivity contribution in [3.63, 3.8) is 0 Å². The molecule has 0 aromatic heterocycles. The molecule has 1 N–H and O–H groups in total. The largest absolute Gasteiger partial charge is 0.497 e. The SMILES string of the molecule is COC(=O)c1ccc(NC(=O)CC2C(=O)N(c3ccc(OC)cc3)C(=S)N2Cc2ccc(F)cc2)cc1. The van der Waals surface area contributed by atoms with Gasteiger partial charge in [-0.05, 0) is 78.4 Å². The normalized spacial score (nSPS) is 15.1. The van der Waals surface area contributed by atoms with Crippen LogP contribution in [0.15, 0.2) is 72.8 Å². The Kier molecular flexibility index (Phi) is 7.78. The van der Waals surface area contributed by atoms with Gasteiger partial charge in [0, 0.05) is 12.2 Å². The Morgan fingerprint density at radius 3 is 2.22 bits per heavy atom. The number of carbonyl (C=O) groups excluding carboxylic acids is 3. The maximum atomic E-state index is 13.5. The van der Waals surface area contributed by atoms with Crippen molar-refractivity contribution in [2.24, 2.45) is 0 Å². The molecule has 8 nitrogen and oxygen atoms in total. The number of hydrogen-bond acceptors (Lipinski definition) is 6. The van der Waals surface area contributed by atoms with E-state index >= 15 is 0 Å². The summed E-state index contributed by atoms with van der Waals surface area (Å²) in [5, 5.41) is 2.99. The Morgan fingerprint density at radius 1 is 0.973 bits per heavy atom. The fourth-order valence-electron chi connectivity index (χ4n) is 3.96. The number of rotatable bonds is 8. The van der Waals surface area contributed by atoms with Gasteiger partial charge in [0.15, 0.2) is 5.11 Å². The first-order valence-electron chi connectivity index (χ1n) is 11.3. The molecule has 0 aliphatic carbocycles. The van der Waals surface area contributed by atoms with Crippen molar-refractivity contribution in [3.8, 4) is 5.75 Å². The van der Waals surface area contributed by atoms with Crippen molar-refractivity contribution in [1.82, 2.24) is 4.90 Å². The highest BCUT2D eigenvalue weighted by Gasteiger charge is 2.44. The van der Waals surface area contributed by atoms with Crippen LogP contribution in [0.2, 0.25) is 0 Å². The van der Waals surface area contributed by atoms with E-state index in [1.807, 2.05) is 0 Å². The lowest BCUT2D eigenvalue weighted by molar-refractivity contribution is -0.124. The van der Waals surface area contributed by atoms with E-state index in [1.165, 1.54) is 36.3 Å². The summed E-state index contributed by atoms with van der Waals surface area (Å²) in [5.41, 5.74) is 2.08. The first-order valence-corrected chi connectivity index (χ1v) is 11.7. The topological polar surface area (TPSA) is 88.2 Å². The van der Waals surface area contributed by atoms with E-state index in [1.54, 1.807) is 60.5 Å². The second-order valence-corrected chi connectivity index (χ2v) is 8.61. The third-order valence-electron chi connectivity index (χ3n) is 5.88. The van der Waals surface area contributed by atoms with Gasteiger partial charge in [0.2, 0.25) is 5.91 Å². The number of carbonyl (C=O) groups is 3. The predicted octanol–water partition coefficient (Wildman–Crippen LogP) is 4.15. The second kappa shape index (κ2) is 11.2. The fourth-order valence-corrected chi connectivity index (χ4v) is 4.35. The Morgan fingerprint density at radius 2 is 1.62 bits per heavy atom. The molecule has 1 atom stereocenters. The van der Waals surface area contributed by atoms with Crippen LogP contribution in [0.3, 0.4) is 0 Å². The number of hydrogen-bond donors (Lipinski definition) is 1. The molecule has 1 aliphatic rings. The van der Waals surface area contributed by atoms with Crippen molar-refractivity contribution in [3.05, 3.63) is 89.7 Å². The Labute approximate surface area is 218 Å². The zero-order valence-corrected chi connectivity index (χ0v) is 21.0. The number of benzene rings is 3. The Bertz CT molecular complexity index is 1310. The van der Waals surface area contributed by atoms with Crippen LogP contribution in [0, 0.1) is 5.82 Å². The monoisotopic (exact) mass is 521 g/mol. The first-order chi connectivity index (χ1) is 17.8. The van der Waals surface area contributed by atoms with Gasteiger partial charge >= 0.3 is 5.97 Å². The molecule has 1 unspecified atom stereocenters. The fraction of sp³-hybridized carbons (Fsp3) is 0.185. The number of amides is 2. The molecule has 4 rings (SSSR count). The van der Waals surface area contributed by atoms with E-state index in [9.17, 15) is 18.8 Å². The summed E-state index contributed by atoms with van der Waals surface area (Å²) in [6.45, 7) is 0.212. The summed E-state index contributed by atoms with van der Waals surface area (Å²) in [6, 6.07) is 18.1. The van der Waals surface area contributed by atoms with Gasteiger partial charge in [-0.2, -0.15) is 0 Å². The third kappa shape index (κ3) is 5.75. The van der Waals surface area contributed by atoms with Crippen molar-refractivity contribution in [2.75, 3.05) is 24.4 Å². The second-order valence-electron chi connectivity index (χ2n) is 8.25. The van der Waals surface area contributed by atoms with Crippen LogP contribution in [0.25, 0.3) is 0 Å². The number of thiocarbonyl (C=S) groups is 1. The number of halogens is 1. The van der Waals surface area contributed by atoms with E-state index < -0.39 is 17.9 Å². The van der Waals surface area contributed by atoms with Gasteiger partial charge in [-0.3, -0.25) is 14.5 Å². The van der Waals surface area contributed by atoms with Crippen molar-refractivity contribution >= 4 is 46.5 Å². The van der Waals surface area contributed by atoms with Gasteiger partial charge in [-0.25, -0.2) is 9.18 Å². The van der Waals surface area contributed by atoms with Crippen LogP contribution in [0.5, 0.6) is 5.75 Å². The number of anilines is 2. The maximum Gasteiger partial charge on any atom is 0.337 e. The van der Waals surface area contributed by atoms with Crippen LogP contribution in [-0.4, -0.2) is 48.1 Å². The molecular formula is C27H24FN3O5S. The predicted molar refractivity (Wildman–Crippen MR) is 140 cm³/mol. The summed E-state index contributed by atoms with van der Waals surface area (Å²) < 4.78 is 23.3. The van der Waals surface area contributed by atoms with E-state index in [0.717, 1.165) is 5.56 Å². The first kappa shape index (κ1) is 25.8. The summed E-state index contributed by atoms with van der Waals surface area (Å²) >= 11 is 5.67. The van der Waals surface area contributed by atoms with Gasteiger partial charge in [0.25, 0.3) is 5.91 Å². The van der Waals surface area contributed by atoms with Gasteiger partial charge < -0.3 is 19.7 Å². The molecule has 0 saturated carbocycles. The van der Waals surface area contributed by atoms with Crippen LogP contribution >= 0.6 is 12.2 Å². The van der Waals surface area contributed by atoms with Crippen LogP contribution in [-0.2, 0) is 20.9 Å². The Hall–Kier alpha value is -4.31. The lowest BCUT2D eigenvalue weighted by atomic mass is 10.1. The van der Waals surface area contributed by atoms with E-state index in [-0.39, 0.29) is 29.8 Å². The average molecular weight is 522 g/mol. The molecule has 2 amide bonds. The average Bonchev–Trinajstić information content (AvgIpc) is 3.13. The van der Waals surface area contributed by atoms with Crippen LogP contribution in [0.4, 0.5) is 15.8 Å².